The molecule has 1 aromatic carbocycles. The Bertz CT molecular complexity index is 463. The number of carbonyl (C=O) groups is 1. The third-order valence-electron chi connectivity index (χ3n) is 2.91. The maximum absolute atomic E-state index is 12.1. The summed E-state index contributed by atoms with van der Waals surface area (Å²) in [5, 5.41) is 1.88. The first kappa shape index (κ1) is 17.3. The number of nitrogens with one attached hydrogen (secondary N) is 1. The van der Waals surface area contributed by atoms with Crippen LogP contribution in [0.1, 0.15) is 12.0 Å². The molecule has 0 bridgehead atoms. The molecule has 0 fully saturated rings. The van der Waals surface area contributed by atoms with Gasteiger partial charge in [-0.3, -0.25) is 4.79 Å². The standard InChI is InChI=1S/C14H20F3N3O/c1-11-5-2-3-6-12(11)20(8-4-7-18)9-13(21)19-10-14(15,16)17/h2-3,5-6H,4,7-10,18H2,1H3,(H,19,21). The van der Waals surface area contributed by atoms with E-state index < -0.39 is 18.6 Å². The molecular weight excluding hydrogens is 283 g/mol. The Kier molecular flexibility index (Phi) is 6.48. The van der Waals surface area contributed by atoms with Crippen molar-refractivity contribution in [3.8, 4) is 0 Å². The number of nitrogens with two attached hydrogens (primary N) is 1. The van der Waals surface area contributed by atoms with Crippen molar-refractivity contribution in [1.82, 2.24) is 5.32 Å². The monoisotopic (exact) mass is 303 g/mol. The number of hydrogen-bond acceptors (Lipinski definition) is 3. The number of amides is 1. The third-order valence-corrected chi connectivity index (χ3v) is 2.91. The first-order valence-electron chi connectivity index (χ1n) is 6.67. The van der Waals surface area contributed by atoms with Crippen LogP contribution in [-0.2, 0) is 4.79 Å². The lowest BCUT2D eigenvalue weighted by molar-refractivity contribution is -0.137. The molecule has 0 aromatic heterocycles. The van der Waals surface area contributed by atoms with Crippen molar-refractivity contribution < 1.29 is 18.0 Å². The summed E-state index contributed by atoms with van der Waals surface area (Å²) in [7, 11) is 0. The predicted molar refractivity (Wildman–Crippen MR) is 76.1 cm³/mol. The van der Waals surface area contributed by atoms with E-state index in [0.717, 1.165) is 11.3 Å². The van der Waals surface area contributed by atoms with E-state index in [1.165, 1.54) is 0 Å². The van der Waals surface area contributed by atoms with Crippen LogP contribution in [0.3, 0.4) is 0 Å². The van der Waals surface area contributed by atoms with Gasteiger partial charge >= 0.3 is 6.18 Å². The second-order valence-electron chi connectivity index (χ2n) is 4.74. The third kappa shape index (κ3) is 6.48. The van der Waals surface area contributed by atoms with Crippen molar-refractivity contribution in [2.24, 2.45) is 5.73 Å². The fraction of sp³-hybridized carbons (Fsp3) is 0.500. The Labute approximate surface area is 122 Å². The zero-order valence-corrected chi connectivity index (χ0v) is 11.9. The van der Waals surface area contributed by atoms with E-state index >= 15 is 0 Å². The molecule has 21 heavy (non-hydrogen) atoms. The highest BCUT2D eigenvalue weighted by Crippen LogP contribution is 2.19. The van der Waals surface area contributed by atoms with Crippen LogP contribution in [-0.4, -0.2) is 38.3 Å². The van der Waals surface area contributed by atoms with E-state index in [0.29, 0.717) is 19.5 Å². The highest BCUT2D eigenvalue weighted by Gasteiger charge is 2.28. The molecule has 0 aliphatic carbocycles. The van der Waals surface area contributed by atoms with Gasteiger partial charge in [0.25, 0.3) is 0 Å². The Balaban J connectivity index is 2.70. The van der Waals surface area contributed by atoms with Gasteiger partial charge in [0.15, 0.2) is 0 Å². The molecule has 0 saturated carbocycles. The Hall–Kier alpha value is -1.76. The van der Waals surface area contributed by atoms with Crippen molar-refractivity contribution in [2.75, 3.05) is 31.1 Å². The van der Waals surface area contributed by atoms with Gasteiger partial charge < -0.3 is 16.0 Å². The number of anilines is 1. The number of aryl methyl sites for hydroxylation is 1. The minimum Gasteiger partial charge on any atom is -0.362 e. The molecule has 0 unspecified atom stereocenters. The van der Waals surface area contributed by atoms with Crippen molar-refractivity contribution in [1.29, 1.82) is 0 Å². The number of carbonyl (C=O) groups excluding carboxylic acids is 1. The van der Waals surface area contributed by atoms with Gasteiger partial charge in [-0.2, -0.15) is 13.2 Å². The normalized spacial score (nSPS) is 11.3. The van der Waals surface area contributed by atoms with Gasteiger partial charge in [-0.05, 0) is 31.5 Å². The van der Waals surface area contributed by atoms with Crippen molar-refractivity contribution in [3.63, 3.8) is 0 Å². The first-order chi connectivity index (χ1) is 9.83. The number of alkyl halides is 3. The second-order valence-corrected chi connectivity index (χ2v) is 4.74. The zero-order chi connectivity index (χ0) is 15.9. The molecule has 0 radical (unpaired) electrons. The van der Waals surface area contributed by atoms with Crippen LogP contribution in [0.2, 0.25) is 0 Å². The maximum atomic E-state index is 12.1. The summed E-state index contributed by atoms with van der Waals surface area (Å²) in [6.45, 7) is 1.41. The van der Waals surface area contributed by atoms with Crippen LogP contribution in [0.25, 0.3) is 0 Å². The SMILES string of the molecule is Cc1ccccc1N(CCCN)CC(=O)NCC(F)(F)F. The average Bonchev–Trinajstić information content (AvgIpc) is 2.41. The van der Waals surface area contributed by atoms with Crippen LogP contribution in [0, 0.1) is 6.92 Å². The quantitative estimate of drug-likeness (QED) is 0.808. The molecule has 0 aliphatic heterocycles. The summed E-state index contributed by atoms with van der Waals surface area (Å²) in [5.74, 6) is -0.660. The lowest BCUT2D eigenvalue weighted by Crippen LogP contribution is -2.42. The molecular formula is C14H20F3N3O. The van der Waals surface area contributed by atoms with Crippen LogP contribution >= 0.6 is 0 Å². The van der Waals surface area contributed by atoms with E-state index in [-0.39, 0.29) is 6.54 Å². The van der Waals surface area contributed by atoms with Crippen LogP contribution < -0.4 is 16.0 Å². The van der Waals surface area contributed by atoms with Crippen LogP contribution in [0.15, 0.2) is 24.3 Å². The lowest BCUT2D eigenvalue weighted by atomic mass is 10.1. The Morgan fingerprint density at radius 3 is 2.57 bits per heavy atom. The average molecular weight is 303 g/mol. The fourth-order valence-corrected chi connectivity index (χ4v) is 1.91. The molecule has 0 atom stereocenters. The summed E-state index contributed by atoms with van der Waals surface area (Å²) in [5.41, 5.74) is 7.25. The molecule has 1 aromatic rings. The highest BCUT2D eigenvalue weighted by molar-refractivity contribution is 5.81. The molecule has 0 spiro atoms. The molecule has 7 heteroatoms. The fourth-order valence-electron chi connectivity index (χ4n) is 1.91. The smallest absolute Gasteiger partial charge is 0.362 e. The number of nitrogens with zero attached hydrogens (tertiary/aromatic N) is 1. The summed E-state index contributed by atoms with van der Waals surface area (Å²) in [6.07, 6.45) is -3.75. The molecule has 0 saturated heterocycles. The van der Waals surface area contributed by atoms with Gasteiger partial charge in [-0.15, -0.1) is 0 Å². The summed E-state index contributed by atoms with van der Waals surface area (Å²) in [6, 6.07) is 7.41. The topological polar surface area (TPSA) is 58.4 Å². The van der Waals surface area contributed by atoms with Gasteiger partial charge in [-0.1, -0.05) is 18.2 Å². The minimum atomic E-state index is -4.40. The Morgan fingerprint density at radius 2 is 2.00 bits per heavy atom. The molecule has 118 valence electrons. The number of hydrogen-bond donors (Lipinski definition) is 2. The lowest BCUT2D eigenvalue weighted by Gasteiger charge is -2.26. The molecule has 0 heterocycles. The highest BCUT2D eigenvalue weighted by atomic mass is 19.4. The van der Waals surface area contributed by atoms with E-state index in [2.05, 4.69) is 0 Å². The summed E-state index contributed by atoms with van der Waals surface area (Å²) in [4.78, 5) is 13.4. The largest absolute Gasteiger partial charge is 0.405 e. The molecule has 3 N–H and O–H groups in total. The molecule has 1 amide bonds. The van der Waals surface area contributed by atoms with E-state index in [1.54, 1.807) is 4.90 Å². The van der Waals surface area contributed by atoms with Gasteiger partial charge in [-0.25, -0.2) is 0 Å². The van der Waals surface area contributed by atoms with Crippen molar-refractivity contribution in [2.45, 2.75) is 19.5 Å². The van der Waals surface area contributed by atoms with Crippen molar-refractivity contribution >= 4 is 11.6 Å². The first-order valence-corrected chi connectivity index (χ1v) is 6.67. The zero-order valence-electron chi connectivity index (χ0n) is 11.9. The van der Waals surface area contributed by atoms with Gasteiger partial charge in [0, 0.05) is 12.2 Å². The summed E-state index contributed by atoms with van der Waals surface area (Å²) >= 11 is 0. The predicted octanol–water partition coefficient (Wildman–Crippen LogP) is 1.83. The van der Waals surface area contributed by atoms with Gasteiger partial charge in [0.1, 0.15) is 6.54 Å². The van der Waals surface area contributed by atoms with Gasteiger partial charge in [0.05, 0.1) is 6.54 Å². The maximum Gasteiger partial charge on any atom is 0.405 e. The van der Waals surface area contributed by atoms with Gasteiger partial charge in [0.2, 0.25) is 5.91 Å². The minimum absolute atomic E-state index is 0.124. The van der Waals surface area contributed by atoms with Crippen molar-refractivity contribution in [3.05, 3.63) is 29.8 Å². The number of rotatable bonds is 7. The molecule has 0 aliphatic rings. The number of benzene rings is 1. The van der Waals surface area contributed by atoms with E-state index in [4.69, 9.17) is 5.73 Å². The molecule has 1 rings (SSSR count). The van der Waals surface area contributed by atoms with Crippen LogP contribution in [0.4, 0.5) is 18.9 Å². The summed E-state index contributed by atoms with van der Waals surface area (Å²) < 4.78 is 36.3. The Morgan fingerprint density at radius 1 is 1.33 bits per heavy atom. The number of para-hydroxylation sites is 1. The number of halogens is 3. The molecule has 4 nitrogen and oxygen atoms in total. The van der Waals surface area contributed by atoms with E-state index in [9.17, 15) is 18.0 Å². The van der Waals surface area contributed by atoms with E-state index in [1.807, 2.05) is 36.5 Å². The van der Waals surface area contributed by atoms with Crippen LogP contribution in [0.5, 0.6) is 0 Å². The second kappa shape index (κ2) is 7.87.